The molecule has 0 atom stereocenters. The van der Waals surface area contributed by atoms with Crippen molar-refractivity contribution in [1.29, 1.82) is 0 Å². The van der Waals surface area contributed by atoms with Gasteiger partial charge in [0.1, 0.15) is 11.6 Å². The highest BCUT2D eigenvalue weighted by molar-refractivity contribution is 5.75. The van der Waals surface area contributed by atoms with Crippen molar-refractivity contribution in [2.45, 2.75) is 45.6 Å². The van der Waals surface area contributed by atoms with E-state index < -0.39 is 0 Å². The molecule has 0 radical (unpaired) electrons. The number of likely N-dealkylation sites (tertiary alicyclic amines) is 1. The molecule has 148 valence electrons. The molecule has 1 saturated heterocycles. The van der Waals surface area contributed by atoms with Gasteiger partial charge < -0.3 is 14.2 Å². The number of ether oxygens (including phenoxy) is 1. The zero-order valence-electron chi connectivity index (χ0n) is 16.9. The molecule has 2 aromatic carbocycles. The summed E-state index contributed by atoms with van der Waals surface area (Å²) in [5.74, 6) is 2.21. The molecule has 28 heavy (non-hydrogen) atoms. The monoisotopic (exact) mass is 377 g/mol. The normalized spacial score (nSPS) is 14.8. The molecular weight excluding hydrogens is 346 g/mol. The molecule has 3 aromatic rings. The van der Waals surface area contributed by atoms with Crippen LogP contribution in [0.25, 0.3) is 11.0 Å². The smallest absolute Gasteiger partial charge is 0.122 e. The summed E-state index contributed by atoms with van der Waals surface area (Å²) in [5, 5.41) is 0. The maximum absolute atomic E-state index is 6.00. The number of aryl methyl sites for hydroxylation is 3. The van der Waals surface area contributed by atoms with Crippen molar-refractivity contribution in [3.8, 4) is 5.75 Å². The third kappa shape index (κ3) is 4.56. The molecule has 4 nitrogen and oxygen atoms in total. The Balaban J connectivity index is 1.37. The third-order valence-corrected chi connectivity index (χ3v) is 5.68. The van der Waals surface area contributed by atoms with Crippen LogP contribution in [-0.4, -0.2) is 40.7 Å². The predicted molar refractivity (Wildman–Crippen MR) is 115 cm³/mol. The number of nitrogens with zero attached hydrogens (tertiary/aromatic N) is 3. The van der Waals surface area contributed by atoms with Gasteiger partial charge in [-0.05, 0) is 76.0 Å². The van der Waals surface area contributed by atoms with Crippen LogP contribution in [0.2, 0.25) is 0 Å². The van der Waals surface area contributed by atoms with Crippen molar-refractivity contribution < 1.29 is 4.74 Å². The summed E-state index contributed by atoms with van der Waals surface area (Å²) in [4.78, 5) is 7.52. The summed E-state index contributed by atoms with van der Waals surface area (Å²) in [6, 6.07) is 16.7. The van der Waals surface area contributed by atoms with E-state index in [0.717, 1.165) is 37.3 Å². The Morgan fingerprint density at radius 3 is 2.57 bits per heavy atom. The summed E-state index contributed by atoms with van der Waals surface area (Å²) in [6.07, 6.45) is 5.93. The molecule has 0 bridgehead atoms. The average molecular weight is 378 g/mol. The number of aromatic nitrogens is 2. The van der Waals surface area contributed by atoms with Crippen molar-refractivity contribution in [3.05, 3.63) is 59.9 Å². The maximum Gasteiger partial charge on any atom is 0.122 e. The van der Waals surface area contributed by atoms with Gasteiger partial charge in [-0.2, -0.15) is 0 Å². The van der Waals surface area contributed by atoms with Gasteiger partial charge in [0.25, 0.3) is 0 Å². The lowest BCUT2D eigenvalue weighted by Gasteiger charge is -2.15. The highest BCUT2D eigenvalue weighted by Gasteiger charge is 2.13. The second-order valence-electron chi connectivity index (χ2n) is 7.79. The van der Waals surface area contributed by atoms with E-state index in [1.807, 2.05) is 18.2 Å². The van der Waals surface area contributed by atoms with Crippen LogP contribution in [0.4, 0.5) is 0 Å². The van der Waals surface area contributed by atoms with Crippen LogP contribution in [0.1, 0.15) is 37.1 Å². The SMILES string of the molecule is Cc1ccccc1OCCCn1c(CCCN2CCCC2)nc2ccccc21. The van der Waals surface area contributed by atoms with E-state index in [9.17, 15) is 0 Å². The number of hydrogen-bond acceptors (Lipinski definition) is 3. The van der Waals surface area contributed by atoms with Crippen LogP contribution in [0.5, 0.6) is 5.75 Å². The Bertz CT molecular complexity index is 896. The summed E-state index contributed by atoms with van der Waals surface area (Å²) < 4.78 is 8.40. The van der Waals surface area contributed by atoms with E-state index in [4.69, 9.17) is 9.72 Å². The molecule has 1 aliphatic rings. The summed E-state index contributed by atoms with van der Waals surface area (Å²) in [7, 11) is 0. The van der Waals surface area contributed by atoms with Crippen LogP contribution in [0.3, 0.4) is 0 Å². The van der Waals surface area contributed by atoms with Crippen LogP contribution < -0.4 is 4.74 Å². The second kappa shape index (κ2) is 9.24. The first-order valence-corrected chi connectivity index (χ1v) is 10.7. The fraction of sp³-hybridized carbons (Fsp3) is 0.458. The van der Waals surface area contributed by atoms with Crippen LogP contribution >= 0.6 is 0 Å². The maximum atomic E-state index is 6.00. The van der Waals surface area contributed by atoms with Gasteiger partial charge >= 0.3 is 0 Å². The van der Waals surface area contributed by atoms with Crippen molar-refractivity contribution >= 4 is 11.0 Å². The van der Waals surface area contributed by atoms with Crippen molar-refractivity contribution in [2.75, 3.05) is 26.2 Å². The predicted octanol–water partition coefficient (Wildman–Crippen LogP) is 4.84. The van der Waals surface area contributed by atoms with Crippen molar-refractivity contribution in [3.63, 3.8) is 0 Å². The number of imidazole rings is 1. The van der Waals surface area contributed by atoms with Crippen molar-refractivity contribution in [2.24, 2.45) is 0 Å². The first-order chi connectivity index (χ1) is 13.8. The third-order valence-electron chi connectivity index (χ3n) is 5.68. The number of benzene rings is 2. The average Bonchev–Trinajstić information content (AvgIpc) is 3.35. The van der Waals surface area contributed by atoms with E-state index in [1.165, 1.54) is 55.8 Å². The van der Waals surface area contributed by atoms with E-state index in [2.05, 4.69) is 46.7 Å². The molecule has 4 heteroatoms. The number of para-hydroxylation sites is 3. The lowest BCUT2D eigenvalue weighted by molar-refractivity contribution is 0.299. The van der Waals surface area contributed by atoms with E-state index >= 15 is 0 Å². The van der Waals surface area contributed by atoms with Gasteiger partial charge in [-0.3, -0.25) is 0 Å². The standard InChI is InChI=1S/C24H31N3O/c1-20-10-2-5-13-23(20)28-19-9-18-27-22-12-4-3-11-21(22)25-24(27)14-8-17-26-15-6-7-16-26/h2-5,10-13H,6-9,14-19H2,1H3. The zero-order valence-corrected chi connectivity index (χ0v) is 16.9. The first kappa shape index (κ1) is 19.0. The van der Waals surface area contributed by atoms with Gasteiger partial charge in [0.05, 0.1) is 17.6 Å². The second-order valence-corrected chi connectivity index (χ2v) is 7.79. The topological polar surface area (TPSA) is 30.3 Å². The molecule has 1 aromatic heterocycles. The largest absolute Gasteiger partial charge is 0.493 e. The minimum atomic E-state index is 0.727. The fourth-order valence-electron chi connectivity index (χ4n) is 4.16. The molecule has 0 spiro atoms. The van der Waals surface area contributed by atoms with Gasteiger partial charge in [0.2, 0.25) is 0 Å². The van der Waals surface area contributed by atoms with Crippen molar-refractivity contribution in [1.82, 2.24) is 14.5 Å². The molecule has 0 amide bonds. The van der Waals surface area contributed by atoms with E-state index in [-0.39, 0.29) is 0 Å². The minimum Gasteiger partial charge on any atom is -0.493 e. The quantitative estimate of drug-likeness (QED) is 0.500. The molecular formula is C24H31N3O. The van der Waals surface area contributed by atoms with Crippen LogP contribution in [0.15, 0.2) is 48.5 Å². The van der Waals surface area contributed by atoms with Crippen LogP contribution in [0, 0.1) is 6.92 Å². The molecule has 4 rings (SSSR count). The molecule has 0 N–H and O–H groups in total. The zero-order chi connectivity index (χ0) is 19.2. The Morgan fingerprint density at radius 1 is 0.929 bits per heavy atom. The fourth-order valence-corrected chi connectivity index (χ4v) is 4.16. The number of fused-ring (bicyclic) bond motifs is 1. The van der Waals surface area contributed by atoms with Gasteiger partial charge in [-0.1, -0.05) is 30.3 Å². The van der Waals surface area contributed by atoms with Crippen LogP contribution in [-0.2, 0) is 13.0 Å². The van der Waals surface area contributed by atoms with Gasteiger partial charge in [0, 0.05) is 13.0 Å². The summed E-state index contributed by atoms with van der Waals surface area (Å²) >= 11 is 0. The Morgan fingerprint density at radius 2 is 1.71 bits per heavy atom. The summed E-state index contributed by atoms with van der Waals surface area (Å²) in [5.41, 5.74) is 3.55. The Kier molecular flexibility index (Phi) is 6.27. The van der Waals surface area contributed by atoms with Gasteiger partial charge in [0.15, 0.2) is 0 Å². The molecule has 1 aliphatic heterocycles. The Hall–Kier alpha value is -2.33. The number of hydrogen-bond donors (Lipinski definition) is 0. The minimum absolute atomic E-state index is 0.727. The molecule has 2 heterocycles. The molecule has 0 saturated carbocycles. The first-order valence-electron chi connectivity index (χ1n) is 10.7. The molecule has 1 fully saturated rings. The van der Waals surface area contributed by atoms with E-state index in [1.54, 1.807) is 0 Å². The number of rotatable bonds is 9. The van der Waals surface area contributed by atoms with E-state index in [0.29, 0.717) is 0 Å². The summed E-state index contributed by atoms with van der Waals surface area (Å²) in [6.45, 7) is 7.51. The highest BCUT2D eigenvalue weighted by atomic mass is 16.5. The molecule has 0 aliphatic carbocycles. The van der Waals surface area contributed by atoms with Gasteiger partial charge in [-0.15, -0.1) is 0 Å². The van der Waals surface area contributed by atoms with Gasteiger partial charge in [-0.25, -0.2) is 4.98 Å². The lowest BCUT2D eigenvalue weighted by atomic mass is 10.2. The molecule has 0 unspecified atom stereocenters. The Labute approximate surface area is 168 Å². The highest BCUT2D eigenvalue weighted by Crippen LogP contribution is 2.20. The lowest BCUT2D eigenvalue weighted by Crippen LogP contribution is -2.21.